The van der Waals surface area contributed by atoms with Crippen LogP contribution in [0.15, 0.2) is 42.5 Å². The lowest BCUT2D eigenvalue weighted by molar-refractivity contribution is -0.131. The van der Waals surface area contributed by atoms with E-state index in [1.807, 2.05) is 19.1 Å². The molecule has 0 aliphatic heterocycles. The number of carbonyl (C=O) groups is 2. The van der Waals surface area contributed by atoms with Gasteiger partial charge in [-0.15, -0.1) is 0 Å². The average molecular weight is 359 g/mol. The van der Waals surface area contributed by atoms with Gasteiger partial charge < -0.3 is 15.4 Å². The molecule has 0 spiro atoms. The SMILES string of the molecule is COc1ccc(C)cc1NC(=O)C1(C(=O)Nc2ccccc2Cl)CC1. The zero-order valence-electron chi connectivity index (χ0n) is 14.1. The van der Waals surface area contributed by atoms with Gasteiger partial charge in [0.2, 0.25) is 11.8 Å². The van der Waals surface area contributed by atoms with E-state index in [0.717, 1.165) is 5.56 Å². The third kappa shape index (κ3) is 3.46. The fourth-order valence-corrected chi connectivity index (χ4v) is 2.83. The molecule has 1 saturated carbocycles. The van der Waals surface area contributed by atoms with Crippen LogP contribution < -0.4 is 15.4 Å². The quantitative estimate of drug-likeness (QED) is 0.793. The predicted octanol–water partition coefficient (Wildman–Crippen LogP) is 4.01. The fourth-order valence-electron chi connectivity index (χ4n) is 2.65. The monoisotopic (exact) mass is 358 g/mol. The third-order valence-electron chi connectivity index (χ3n) is 4.34. The summed E-state index contributed by atoms with van der Waals surface area (Å²) in [4.78, 5) is 25.4. The molecule has 2 aromatic carbocycles. The number of nitrogens with one attached hydrogen (secondary N) is 2. The minimum Gasteiger partial charge on any atom is -0.495 e. The molecular formula is C19H19ClN2O3. The largest absolute Gasteiger partial charge is 0.495 e. The number of anilines is 2. The summed E-state index contributed by atoms with van der Waals surface area (Å²) in [6.07, 6.45) is 1.01. The van der Waals surface area contributed by atoms with Crippen LogP contribution in [-0.2, 0) is 9.59 Å². The summed E-state index contributed by atoms with van der Waals surface area (Å²) in [5.41, 5.74) is 0.987. The second-order valence-corrected chi connectivity index (χ2v) is 6.58. The van der Waals surface area contributed by atoms with E-state index in [-0.39, 0.29) is 11.8 Å². The molecule has 5 nitrogen and oxygen atoms in total. The number of methoxy groups -OCH3 is 1. The Balaban J connectivity index is 1.77. The molecule has 130 valence electrons. The Kier molecular flexibility index (Phi) is 4.68. The lowest BCUT2D eigenvalue weighted by Gasteiger charge is -2.17. The molecule has 0 aromatic heterocycles. The summed E-state index contributed by atoms with van der Waals surface area (Å²) < 4.78 is 5.27. The highest BCUT2D eigenvalue weighted by atomic mass is 35.5. The molecule has 0 saturated heterocycles. The molecule has 1 aliphatic carbocycles. The van der Waals surface area contributed by atoms with Crippen molar-refractivity contribution in [3.63, 3.8) is 0 Å². The molecule has 6 heteroatoms. The molecule has 1 fully saturated rings. The molecule has 3 rings (SSSR count). The number of amides is 2. The van der Waals surface area contributed by atoms with Crippen LogP contribution in [0.25, 0.3) is 0 Å². The number of hydrogen-bond donors (Lipinski definition) is 2. The number of aryl methyl sites for hydroxylation is 1. The van der Waals surface area contributed by atoms with Crippen LogP contribution in [0.4, 0.5) is 11.4 Å². The van der Waals surface area contributed by atoms with E-state index in [4.69, 9.17) is 16.3 Å². The lowest BCUT2D eigenvalue weighted by atomic mass is 10.0. The maximum atomic E-state index is 12.7. The first-order valence-corrected chi connectivity index (χ1v) is 8.36. The first kappa shape index (κ1) is 17.3. The molecule has 1 aliphatic rings. The van der Waals surface area contributed by atoms with Gasteiger partial charge in [-0.25, -0.2) is 0 Å². The fraction of sp³-hybridized carbons (Fsp3) is 0.263. The third-order valence-corrected chi connectivity index (χ3v) is 4.67. The van der Waals surface area contributed by atoms with Gasteiger partial charge in [0.1, 0.15) is 11.2 Å². The van der Waals surface area contributed by atoms with Crippen molar-refractivity contribution in [1.82, 2.24) is 0 Å². The van der Waals surface area contributed by atoms with E-state index in [2.05, 4.69) is 10.6 Å². The van der Waals surface area contributed by atoms with Gasteiger partial charge in [0.05, 0.1) is 23.5 Å². The zero-order chi connectivity index (χ0) is 18.0. The van der Waals surface area contributed by atoms with E-state index < -0.39 is 5.41 Å². The molecule has 25 heavy (non-hydrogen) atoms. The van der Waals surface area contributed by atoms with Crippen molar-refractivity contribution >= 4 is 34.8 Å². The Morgan fingerprint density at radius 1 is 1.04 bits per heavy atom. The highest BCUT2D eigenvalue weighted by molar-refractivity contribution is 6.34. The van der Waals surface area contributed by atoms with E-state index in [1.54, 1.807) is 30.3 Å². The molecule has 2 aromatic rings. The molecule has 0 heterocycles. The second kappa shape index (κ2) is 6.76. The average Bonchev–Trinajstić information content (AvgIpc) is 3.39. The van der Waals surface area contributed by atoms with E-state index >= 15 is 0 Å². The Morgan fingerprint density at radius 3 is 2.28 bits per heavy atom. The van der Waals surface area contributed by atoms with Crippen LogP contribution >= 0.6 is 11.6 Å². The first-order valence-electron chi connectivity index (χ1n) is 7.98. The summed E-state index contributed by atoms with van der Waals surface area (Å²) in [6.45, 7) is 1.92. The van der Waals surface area contributed by atoms with Crippen molar-refractivity contribution in [3.05, 3.63) is 53.1 Å². The van der Waals surface area contributed by atoms with Gasteiger partial charge in [0.25, 0.3) is 0 Å². The number of carbonyl (C=O) groups excluding carboxylic acids is 2. The van der Waals surface area contributed by atoms with Crippen LogP contribution in [0.1, 0.15) is 18.4 Å². The Bertz CT molecular complexity index is 831. The normalized spacial score (nSPS) is 14.5. The van der Waals surface area contributed by atoms with Gasteiger partial charge in [0, 0.05) is 0 Å². The molecule has 2 amide bonds. The Labute approximate surface area is 151 Å². The van der Waals surface area contributed by atoms with Crippen LogP contribution in [0.5, 0.6) is 5.75 Å². The molecule has 0 unspecified atom stereocenters. The van der Waals surface area contributed by atoms with Gasteiger partial charge in [-0.3, -0.25) is 9.59 Å². The maximum absolute atomic E-state index is 12.7. The molecule has 0 radical (unpaired) electrons. The molecular weight excluding hydrogens is 340 g/mol. The summed E-state index contributed by atoms with van der Waals surface area (Å²) >= 11 is 6.07. The van der Waals surface area contributed by atoms with Gasteiger partial charge in [-0.05, 0) is 49.6 Å². The zero-order valence-corrected chi connectivity index (χ0v) is 14.8. The summed E-state index contributed by atoms with van der Waals surface area (Å²) in [5.74, 6) is -0.119. The highest BCUT2D eigenvalue weighted by Gasteiger charge is 2.56. The van der Waals surface area contributed by atoms with Gasteiger partial charge in [-0.2, -0.15) is 0 Å². The lowest BCUT2D eigenvalue weighted by Crippen LogP contribution is -2.35. The minimum atomic E-state index is -1.06. The number of ether oxygens (including phenoxy) is 1. The van der Waals surface area contributed by atoms with Crippen molar-refractivity contribution in [2.75, 3.05) is 17.7 Å². The summed E-state index contributed by atoms with van der Waals surface area (Å²) in [6, 6.07) is 12.4. The highest BCUT2D eigenvalue weighted by Crippen LogP contribution is 2.48. The predicted molar refractivity (Wildman–Crippen MR) is 98.1 cm³/mol. The van der Waals surface area contributed by atoms with E-state index in [0.29, 0.717) is 35.0 Å². The van der Waals surface area contributed by atoms with Gasteiger partial charge in [0.15, 0.2) is 0 Å². The second-order valence-electron chi connectivity index (χ2n) is 6.17. The van der Waals surface area contributed by atoms with Gasteiger partial charge >= 0.3 is 0 Å². The Morgan fingerprint density at radius 2 is 1.68 bits per heavy atom. The van der Waals surface area contributed by atoms with Crippen LogP contribution in [0.3, 0.4) is 0 Å². The van der Waals surface area contributed by atoms with E-state index in [9.17, 15) is 9.59 Å². The number of rotatable bonds is 5. The Hall–Kier alpha value is -2.53. The van der Waals surface area contributed by atoms with Gasteiger partial charge in [-0.1, -0.05) is 29.8 Å². The number of benzene rings is 2. The van der Waals surface area contributed by atoms with Crippen molar-refractivity contribution in [3.8, 4) is 5.75 Å². The van der Waals surface area contributed by atoms with Crippen LogP contribution in [0.2, 0.25) is 5.02 Å². The summed E-state index contributed by atoms with van der Waals surface area (Å²) in [7, 11) is 1.54. The van der Waals surface area contributed by atoms with Crippen molar-refractivity contribution in [2.24, 2.45) is 5.41 Å². The maximum Gasteiger partial charge on any atom is 0.240 e. The standard InChI is InChI=1S/C19H19ClN2O3/c1-12-7-8-16(25-2)15(11-12)22-18(24)19(9-10-19)17(23)21-14-6-4-3-5-13(14)20/h3-8,11H,9-10H2,1-2H3,(H,21,23)(H,22,24). The van der Waals surface area contributed by atoms with Crippen molar-refractivity contribution in [1.29, 1.82) is 0 Å². The molecule has 0 bridgehead atoms. The van der Waals surface area contributed by atoms with E-state index in [1.165, 1.54) is 7.11 Å². The topological polar surface area (TPSA) is 67.4 Å². The smallest absolute Gasteiger partial charge is 0.240 e. The number of hydrogen-bond acceptors (Lipinski definition) is 3. The van der Waals surface area contributed by atoms with Crippen LogP contribution in [-0.4, -0.2) is 18.9 Å². The molecule has 2 N–H and O–H groups in total. The summed E-state index contributed by atoms with van der Waals surface area (Å²) in [5, 5.41) is 6.02. The van der Waals surface area contributed by atoms with Crippen molar-refractivity contribution < 1.29 is 14.3 Å². The number of halogens is 1. The first-order chi connectivity index (χ1) is 12.0. The molecule has 0 atom stereocenters. The minimum absolute atomic E-state index is 0.332. The van der Waals surface area contributed by atoms with Crippen LogP contribution in [0, 0.1) is 12.3 Å². The van der Waals surface area contributed by atoms with Crippen molar-refractivity contribution in [2.45, 2.75) is 19.8 Å². The number of para-hydroxylation sites is 1.